The maximum Gasteiger partial charge on any atom is 0.349 e. The minimum Gasteiger partial charge on any atom is -0.493 e. The molecule has 1 heterocycles. The molecule has 8 nitrogen and oxygen atoms in total. The minimum absolute atomic E-state index is 0.0282. The molecule has 0 spiro atoms. The van der Waals surface area contributed by atoms with Crippen LogP contribution in [0.4, 0.5) is 0 Å². The topological polar surface area (TPSA) is 113 Å². The van der Waals surface area contributed by atoms with E-state index in [9.17, 15) is 10.1 Å². The van der Waals surface area contributed by atoms with Crippen LogP contribution in [-0.4, -0.2) is 19.7 Å². The van der Waals surface area contributed by atoms with E-state index >= 15 is 0 Å². The molecule has 0 radical (unpaired) electrons. The SMILES string of the molecule is COc1cc(C2C(C#N)=C(N)Oc3cc(OC(=O)COc4ccccc4)ccc32)ccc1OCc1ccc(C)cc1. The Morgan fingerprint density at radius 2 is 1.71 bits per heavy atom. The van der Waals surface area contributed by atoms with E-state index < -0.39 is 11.9 Å². The number of allylic oxidation sites excluding steroid dienone is 1. The molecule has 1 aliphatic rings. The molecule has 41 heavy (non-hydrogen) atoms. The summed E-state index contributed by atoms with van der Waals surface area (Å²) < 4.78 is 28.3. The summed E-state index contributed by atoms with van der Waals surface area (Å²) in [6.45, 7) is 2.15. The predicted molar refractivity (Wildman–Crippen MR) is 152 cm³/mol. The minimum atomic E-state index is -0.576. The van der Waals surface area contributed by atoms with Gasteiger partial charge in [0, 0.05) is 11.6 Å². The van der Waals surface area contributed by atoms with Gasteiger partial charge < -0.3 is 29.4 Å². The number of hydrogen-bond donors (Lipinski definition) is 1. The molecule has 0 bridgehead atoms. The van der Waals surface area contributed by atoms with E-state index in [1.54, 1.807) is 37.4 Å². The van der Waals surface area contributed by atoms with E-state index in [-0.39, 0.29) is 23.8 Å². The third kappa shape index (κ3) is 6.26. The molecule has 4 aromatic rings. The maximum absolute atomic E-state index is 12.4. The van der Waals surface area contributed by atoms with Gasteiger partial charge in [-0.3, -0.25) is 0 Å². The molecule has 0 aliphatic carbocycles. The second-order valence-corrected chi connectivity index (χ2v) is 9.38. The van der Waals surface area contributed by atoms with Gasteiger partial charge in [-0.25, -0.2) is 4.79 Å². The van der Waals surface area contributed by atoms with Crippen molar-refractivity contribution in [3.63, 3.8) is 0 Å². The Balaban J connectivity index is 1.36. The Hall–Kier alpha value is -5.42. The van der Waals surface area contributed by atoms with Gasteiger partial charge in [0.15, 0.2) is 18.1 Å². The molecule has 0 fully saturated rings. The fraction of sp³-hybridized carbons (Fsp3) is 0.152. The summed E-state index contributed by atoms with van der Waals surface area (Å²) in [7, 11) is 1.56. The van der Waals surface area contributed by atoms with Crippen LogP contribution in [0.1, 0.15) is 28.2 Å². The lowest BCUT2D eigenvalue weighted by Gasteiger charge is -2.27. The van der Waals surface area contributed by atoms with Crippen molar-refractivity contribution in [1.29, 1.82) is 5.26 Å². The number of fused-ring (bicyclic) bond motifs is 1. The number of ether oxygens (including phenoxy) is 5. The van der Waals surface area contributed by atoms with E-state index in [0.717, 1.165) is 11.1 Å². The third-order valence-corrected chi connectivity index (χ3v) is 6.56. The highest BCUT2D eigenvalue weighted by Crippen LogP contribution is 2.45. The van der Waals surface area contributed by atoms with Crippen LogP contribution in [0.3, 0.4) is 0 Å². The zero-order valence-electron chi connectivity index (χ0n) is 22.6. The van der Waals surface area contributed by atoms with Crippen molar-refractivity contribution in [3.8, 4) is 34.8 Å². The molecular formula is C33H28N2O6. The molecular weight excluding hydrogens is 520 g/mol. The van der Waals surface area contributed by atoms with Gasteiger partial charge in [0.1, 0.15) is 35.5 Å². The highest BCUT2D eigenvalue weighted by molar-refractivity contribution is 5.74. The van der Waals surface area contributed by atoms with Gasteiger partial charge in [-0.05, 0) is 48.4 Å². The summed E-state index contributed by atoms with van der Waals surface area (Å²) in [4.78, 5) is 12.4. The zero-order chi connectivity index (χ0) is 28.8. The Bertz CT molecular complexity index is 1620. The molecule has 1 unspecified atom stereocenters. The van der Waals surface area contributed by atoms with Crippen LogP contribution >= 0.6 is 0 Å². The summed E-state index contributed by atoms with van der Waals surface area (Å²) in [5.74, 6) is 1.14. The number of para-hydroxylation sites is 1. The number of carbonyl (C=O) groups is 1. The van der Waals surface area contributed by atoms with Crippen LogP contribution in [0.5, 0.6) is 28.7 Å². The number of esters is 1. The van der Waals surface area contributed by atoms with E-state index in [1.165, 1.54) is 5.56 Å². The normalized spacial score (nSPS) is 13.8. The maximum atomic E-state index is 12.4. The molecule has 1 atom stereocenters. The quantitative estimate of drug-likeness (QED) is 0.207. The lowest BCUT2D eigenvalue weighted by molar-refractivity contribution is -0.136. The van der Waals surface area contributed by atoms with Gasteiger partial charge >= 0.3 is 5.97 Å². The molecule has 0 amide bonds. The van der Waals surface area contributed by atoms with Crippen LogP contribution < -0.4 is 29.4 Å². The summed E-state index contributed by atoms with van der Waals surface area (Å²) in [5, 5.41) is 9.95. The van der Waals surface area contributed by atoms with E-state index in [4.69, 9.17) is 29.4 Å². The van der Waals surface area contributed by atoms with Crippen molar-refractivity contribution in [3.05, 3.63) is 125 Å². The number of aryl methyl sites for hydroxylation is 1. The van der Waals surface area contributed by atoms with Crippen molar-refractivity contribution in [2.75, 3.05) is 13.7 Å². The first-order chi connectivity index (χ1) is 19.9. The van der Waals surface area contributed by atoms with Crippen LogP contribution in [-0.2, 0) is 11.4 Å². The lowest BCUT2D eigenvalue weighted by atomic mass is 9.83. The number of nitriles is 1. The Labute approximate surface area is 238 Å². The Morgan fingerprint density at radius 3 is 2.44 bits per heavy atom. The Kier molecular flexibility index (Phi) is 8.07. The number of benzene rings is 4. The average molecular weight is 549 g/mol. The number of carbonyl (C=O) groups excluding carboxylic acids is 1. The first-order valence-electron chi connectivity index (χ1n) is 12.9. The fourth-order valence-electron chi connectivity index (χ4n) is 4.49. The lowest BCUT2D eigenvalue weighted by Crippen LogP contribution is -2.21. The molecule has 206 valence electrons. The summed E-state index contributed by atoms with van der Waals surface area (Å²) >= 11 is 0. The second-order valence-electron chi connectivity index (χ2n) is 9.38. The van der Waals surface area contributed by atoms with E-state index in [1.807, 2.05) is 67.6 Å². The fourth-order valence-corrected chi connectivity index (χ4v) is 4.49. The molecule has 4 aromatic carbocycles. The van der Waals surface area contributed by atoms with Gasteiger partial charge in [0.2, 0.25) is 5.88 Å². The molecule has 2 N–H and O–H groups in total. The first-order valence-corrected chi connectivity index (χ1v) is 12.9. The number of nitrogens with zero attached hydrogens (tertiary/aromatic N) is 1. The van der Waals surface area contributed by atoms with Crippen LogP contribution in [0.15, 0.2) is 102 Å². The molecule has 0 aromatic heterocycles. The van der Waals surface area contributed by atoms with Crippen molar-refractivity contribution < 1.29 is 28.5 Å². The van der Waals surface area contributed by atoms with Crippen molar-refractivity contribution in [1.82, 2.24) is 0 Å². The first kappa shape index (κ1) is 27.2. The van der Waals surface area contributed by atoms with Gasteiger partial charge in [0.05, 0.1) is 13.0 Å². The zero-order valence-corrected chi connectivity index (χ0v) is 22.6. The molecule has 1 aliphatic heterocycles. The summed E-state index contributed by atoms with van der Waals surface area (Å²) in [5.41, 5.74) is 10.1. The highest BCUT2D eigenvalue weighted by Gasteiger charge is 2.32. The van der Waals surface area contributed by atoms with Crippen LogP contribution in [0.2, 0.25) is 0 Å². The van der Waals surface area contributed by atoms with Gasteiger partial charge in [-0.2, -0.15) is 5.26 Å². The monoisotopic (exact) mass is 548 g/mol. The van der Waals surface area contributed by atoms with E-state index in [2.05, 4.69) is 6.07 Å². The molecule has 8 heteroatoms. The number of nitrogens with two attached hydrogens (primary N) is 1. The van der Waals surface area contributed by atoms with Crippen molar-refractivity contribution in [2.45, 2.75) is 19.4 Å². The summed E-state index contributed by atoms with van der Waals surface area (Å²) in [6, 6.07) is 29.7. The van der Waals surface area contributed by atoms with Gasteiger partial charge in [0.25, 0.3) is 0 Å². The number of rotatable bonds is 9. The third-order valence-electron chi connectivity index (χ3n) is 6.56. The molecule has 5 rings (SSSR count). The predicted octanol–water partition coefficient (Wildman–Crippen LogP) is 5.79. The van der Waals surface area contributed by atoms with Crippen molar-refractivity contribution >= 4 is 5.97 Å². The number of hydrogen-bond acceptors (Lipinski definition) is 8. The largest absolute Gasteiger partial charge is 0.493 e. The van der Waals surface area contributed by atoms with Crippen LogP contribution in [0.25, 0.3) is 0 Å². The average Bonchev–Trinajstić information content (AvgIpc) is 2.99. The standard InChI is InChI=1S/C33H28N2O6/c1-21-8-10-22(11-9-21)19-39-28-15-12-23(16-30(28)37-2)32-26-14-13-25(17-29(26)41-33(35)27(32)18-34)40-31(36)20-38-24-6-4-3-5-7-24/h3-17,32H,19-20,35H2,1-2H3. The van der Waals surface area contributed by atoms with Crippen LogP contribution in [0, 0.1) is 18.3 Å². The molecule has 0 saturated carbocycles. The smallest absolute Gasteiger partial charge is 0.349 e. The summed E-state index contributed by atoms with van der Waals surface area (Å²) in [6.07, 6.45) is 0. The van der Waals surface area contributed by atoms with Crippen molar-refractivity contribution in [2.24, 2.45) is 5.73 Å². The number of methoxy groups -OCH3 is 1. The Morgan fingerprint density at radius 1 is 0.927 bits per heavy atom. The van der Waals surface area contributed by atoms with Gasteiger partial charge in [-0.15, -0.1) is 0 Å². The molecule has 0 saturated heterocycles. The second kappa shape index (κ2) is 12.2. The van der Waals surface area contributed by atoms with Gasteiger partial charge in [-0.1, -0.05) is 60.2 Å². The highest BCUT2D eigenvalue weighted by atomic mass is 16.6. The van der Waals surface area contributed by atoms with E-state index in [0.29, 0.717) is 35.2 Å².